The summed E-state index contributed by atoms with van der Waals surface area (Å²) in [5.41, 5.74) is 3.11. The van der Waals surface area contributed by atoms with Crippen LogP contribution in [0.15, 0.2) is 36.4 Å². The van der Waals surface area contributed by atoms with Gasteiger partial charge in [-0.2, -0.15) is 0 Å². The highest BCUT2D eigenvalue weighted by Gasteiger charge is 2.07. The highest BCUT2D eigenvalue weighted by molar-refractivity contribution is 7.92. The SMILES string of the molecule is CCNc1nc(CF)ccc1/C=C/C(=O)NCc1ccc(NS(C)(=O)=O)c(C)c1. The first kappa shape index (κ1) is 22.4. The molecule has 3 N–H and O–H groups in total. The van der Waals surface area contributed by atoms with Crippen LogP contribution in [0, 0.1) is 6.92 Å². The molecule has 0 atom stereocenters. The molecule has 1 aromatic carbocycles. The fourth-order valence-electron chi connectivity index (χ4n) is 2.59. The number of alkyl halides is 1. The summed E-state index contributed by atoms with van der Waals surface area (Å²) in [6.45, 7) is 3.96. The molecule has 0 saturated heterocycles. The maximum absolute atomic E-state index is 12.8. The number of anilines is 2. The van der Waals surface area contributed by atoms with E-state index in [2.05, 4.69) is 20.3 Å². The van der Waals surface area contributed by atoms with E-state index in [-0.39, 0.29) is 5.91 Å². The maximum Gasteiger partial charge on any atom is 0.244 e. The lowest BCUT2D eigenvalue weighted by atomic mass is 10.1. The predicted octanol–water partition coefficient (Wildman–Crippen LogP) is 2.99. The molecule has 29 heavy (non-hydrogen) atoms. The van der Waals surface area contributed by atoms with Crippen LogP contribution in [-0.4, -0.2) is 32.1 Å². The molecule has 0 fully saturated rings. The van der Waals surface area contributed by atoms with Crippen molar-refractivity contribution in [1.82, 2.24) is 10.3 Å². The summed E-state index contributed by atoms with van der Waals surface area (Å²) < 4.78 is 37.9. The Balaban J connectivity index is 2.00. The molecule has 2 rings (SSSR count). The number of halogens is 1. The Morgan fingerprint density at radius 1 is 1.24 bits per heavy atom. The Labute approximate surface area is 170 Å². The minimum Gasteiger partial charge on any atom is -0.370 e. The van der Waals surface area contributed by atoms with Crippen molar-refractivity contribution in [1.29, 1.82) is 0 Å². The first-order valence-corrected chi connectivity index (χ1v) is 10.9. The third-order valence-corrected chi connectivity index (χ3v) is 4.52. The number of nitrogens with one attached hydrogen (secondary N) is 3. The van der Waals surface area contributed by atoms with Gasteiger partial charge in [0.1, 0.15) is 12.5 Å². The summed E-state index contributed by atoms with van der Waals surface area (Å²) in [7, 11) is -3.34. The standard InChI is InChI=1S/C20H25FN4O3S/c1-4-22-20-16(6-8-17(12-21)24-20)7-10-19(26)23-13-15-5-9-18(14(2)11-15)25-29(3,27)28/h5-11,25H,4,12-13H2,1-3H3,(H,22,24)(H,23,26)/b10-7+. The van der Waals surface area contributed by atoms with Crippen molar-refractivity contribution in [3.05, 3.63) is 58.8 Å². The highest BCUT2D eigenvalue weighted by atomic mass is 32.2. The third-order valence-electron chi connectivity index (χ3n) is 3.93. The van der Waals surface area contributed by atoms with E-state index in [1.54, 1.807) is 43.3 Å². The average Bonchev–Trinajstić information content (AvgIpc) is 2.66. The van der Waals surface area contributed by atoms with Gasteiger partial charge in [-0.05, 0) is 49.2 Å². The minimum atomic E-state index is -3.34. The van der Waals surface area contributed by atoms with Crippen molar-refractivity contribution in [3.8, 4) is 0 Å². The molecule has 1 heterocycles. The van der Waals surface area contributed by atoms with Crippen LogP contribution in [0.25, 0.3) is 6.08 Å². The van der Waals surface area contributed by atoms with Crippen molar-refractivity contribution in [2.75, 3.05) is 22.8 Å². The maximum atomic E-state index is 12.8. The Hall–Kier alpha value is -2.94. The van der Waals surface area contributed by atoms with E-state index in [0.717, 1.165) is 17.4 Å². The normalized spacial score (nSPS) is 11.4. The lowest BCUT2D eigenvalue weighted by Crippen LogP contribution is -2.20. The van der Waals surface area contributed by atoms with Gasteiger partial charge in [0.05, 0.1) is 17.6 Å². The van der Waals surface area contributed by atoms with Gasteiger partial charge in [0, 0.05) is 24.7 Å². The number of pyridine rings is 1. The van der Waals surface area contributed by atoms with Crippen LogP contribution in [-0.2, 0) is 28.0 Å². The van der Waals surface area contributed by atoms with Gasteiger partial charge in [-0.25, -0.2) is 17.8 Å². The van der Waals surface area contributed by atoms with Gasteiger partial charge < -0.3 is 10.6 Å². The number of hydrogen-bond acceptors (Lipinski definition) is 5. The number of hydrogen-bond donors (Lipinski definition) is 3. The lowest BCUT2D eigenvalue weighted by Gasteiger charge is -2.10. The summed E-state index contributed by atoms with van der Waals surface area (Å²) in [6, 6.07) is 8.50. The number of nitrogens with zero attached hydrogens (tertiary/aromatic N) is 1. The lowest BCUT2D eigenvalue weighted by molar-refractivity contribution is -0.116. The molecule has 0 spiro atoms. The molecule has 9 heteroatoms. The van der Waals surface area contributed by atoms with E-state index in [0.29, 0.717) is 35.9 Å². The van der Waals surface area contributed by atoms with Gasteiger partial charge in [-0.15, -0.1) is 0 Å². The molecule has 0 unspecified atom stereocenters. The van der Waals surface area contributed by atoms with Crippen LogP contribution in [0.5, 0.6) is 0 Å². The number of amides is 1. The number of aromatic nitrogens is 1. The van der Waals surface area contributed by atoms with Gasteiger partial charge in [-0.1, -0.05) is 12.1 Å². The second-order valence-corrected chi connectivity index (χ2v) is 8.23. The quantitative estimate of drug-likeness (QED) is 0.542. The number of sulfonamides is 1. The van der Waals surface area contributed by atoms with Crippen molar-refractivity contribution in [2.24, 2.45) is 0 Å². The number of carbonyl (C=O) groups is 1. The van der Waals surface area contributed by atoms with Crippen LogP contribution in [0.2, 0.25) is 0 Å². The molecule has 1 amide bonds. The highest BCUT2D eigenvalue weighted by Crippen LogP contribution is 2.18. The van der Waals surface area contributed by atoms with Crippen LogP contribution >= 0.6 is 0 Å². The third kappa shape index (κ3) is 7.19. The smallest absolute Gasteiger partial charge is 0.244 e. The van der Waals surface area contributed by atoms with E-state index in [4.69, 9.17) is 0 Å². The fourth-order valence-corrected chi connectivity index (χ4v) is 3.22. The van der Waals surface area contributed by atoms with Crippen molar-refractivity contribution >= 4 is 33.5 Å². The summed E-state index contributed by atoms with van der Waals surface area (Å²) in [6.07, 6.45) is 4.10. The second kappa shape index (κ2) is 10.0. The zero-order valence-corrected chi connectivity index (χ0v) is 17.4. The minimum absolute atomic E-state index is 0.294. The molecular weight excluding hydrogens is 395 g/mol. The Morgan fingerprint density at radius 2 is 2.00 bits per heavy atom. The molecule has 0 aliphatic rings. The zero-order valence-electron chi connectivity index (χ0n) is 16.6. The van der Waals surface area contributed by atoms with Crippen LogP contribution < -0.4 is 15.4 Å². The molecular formula is C20H25FN4O3S. The molecule has 0 radical (unpaired) electrons. The van der Waals surface area contributed by atoms with Crippen LogP contribution in [0.1, 0.15) is 29.3 Å². The summed E-state index contributed by atoms with van der Waals surface area (Å²) >= 11 is 0. The van der Waals surface area contributed by atoms with Gasteiger partial charge in [-0.3, -0.25) is 9.52 Å². The Bertz CT molecular complexity index is 1010. The predicted molar refractivity (Wildman–Crippen MR) is 114 cm³/mol. The van der Waals surface area contributed by atoms with Crippen LogP contribution in [0.4, 0.5) is 15.9 Å². The molecule has 0 bridgehead atoms. The second-order valence-electron chi connectivity index (χ2n) is 6.48. The van der Waals surface area contributed by atoms with E-state index in [1.807, 2.05) is 6.92 Å². The van der Waals surface area contributed by atoms with Gasteiger partial charge in [0.25, 0.3) is 0 Å². The van der Waals surface area contributed by atoms with E-state index in [1.165, 1.54) is 6.08 Å². The molecule has 7 nitrogen and oxygen atoms in total. The van der Waals surface area contributed by atoms with E-state index >= 15 is 0 Å². The molecule has 1 aromatic heterocycles. The van der Waals surface area contributed by atoms with Crippen molar-refractivity contribution < 1.29 is 17.6 Å². The fraction of sp³-hybridized carbons (Fsp3) is 0.300. The first-order valence-electron chi connectivity index (χ1n) is 9.05. The summed E-state index contributed by atoms with van der Waals surface area (Å²) in [5.74, 6) is 0.231. The molecule has 2 aromatic rings. The largest absolute Gasteiger partial charge is 0.370 e. The average molecular weight is 421 g/mol. The molecule has 0 aliphatic heterocycles. The topological polar surface area (TPSA) is 100 Å². The van der Waals surface area contributed by atoms with Gasteiger partial charge >= 0.3 is 0 Å². The molecule has 0 aliphatic carbocycles. The van der Waals surface area contributed by atoms with Gasteiger partial charge in [0.2, 0.25) is 15.9 Å². The number of carbonyl (C=O) groups excluding carboxylic acids is 1. The molecule has 156 valence electrons. The number of rotatable bonds is 9. The first-order chi connectivity index (χ1) is 13.7. The number of aryl methyl sites for hydroxylation is 1. The Morgan fingerprint density at radius 3 is 2.62 bits per heavy atom. The zero-order chi connectivity index (χ0) is 21.4. The van der Waals surface area contributed by atoms with Crippen molar-refractivity contribution in [3.63, 3.8) is 0 Å². The van der Waals surface area contributed by atoms with E-state index in [9.17, 15) is 17.6 Å². The Kier molecular flexibility index (Phi) is 7.72. The number of benzene rings is 1. The van der Waals surface area contributed by atoms with Crippen molar-refractivity contribution in [2.45, 2.75) is 27.1 Å². The summed E-state index contributed by atoms with van der Waals surface area (Å²) in [5, 5.41) is 5.82. The van der Waals surface area contributed by atoms with Gasteiger partial charge in [0.15, 0.2) is 0 Å². The summed E-state index contributed by atoms with van der Waals surface area (Å²) in [4.78, 5) is 16.3. The van der Waals surface area contributed by atoms with E-state index < -0.39 is 16.7 Å². The molecule has 0 saturated carbocycles. The monoisotopic (exact) mass is 420 g/mol. The van der Waals surface area contributed by atoms with Crippen LogP contribution in [0.3, 0.4) is 0 Å².